The first-order valence-corrected chi connectivity index (χ1v) is 7.79. The van der Waals surface area contributed by atoms with Crippen LogP contribution in [0.1, 0.15) is 33.4 Å². The van der Waals surface area contributed by atoms with E-state index >= 15 is 0 Å². The minimum atomic E-state index is -0.264. The lowest BCUT2D eigenvalue weighted by molar-refractivity contribution is 0.102. The Morgan fingerprint density at radius 3 is 2.83 bits per heavy atom. The van der Waals surface area contributed by atoms with Gasteiger partial charge in [-0.1, -0.05) is 0 Å². The van der Waals surface area contributed by atoms with Crippen LogP contribution in [-0.4, -0.2) is 33.0 Å². The molecule has 0 aromatic carbocycles. The van der Waals surface area contributed by atoms with E-state index in [4.69, 9.17) is 4.74 Å². The summed E-state index contributed by atoms with van der Waals surface area (Å²) in [5.74, 6) is 0.120. The van der Waals surface area contributed by atoms with Gasteiger partial charge in [0.1, 0.15) is 21.5 Å². The number of aryl methyl sites for hydroxylation is 1. The zero-order chi connectivity index (χ0) is 16.4. The quantitative estimate of drug-likeness (QED) is 0.791. The molecule has 0 fully saturated rings. The van der Waals surface area contributed by atoms with Crippen LogP contribution < -0.4 is 5.32 Å². The lowest BCUT2D eigenvalue weighted by Crippen LogP contribution is -2.13. The number of hydrogen-bond donors (Lipinski definition) is 1. The van der Waals surface area contributed by atoms with Crippen molar-refractivity contribution in [2.24, 2.45) is 0 Å². The summed E-state index contributed by atoms with van der Waals surface area (Å²) in [5, 5.41) is 3.55. The van der Waals surface area contributed by atoms with Gasteiger partial charge in [-0.05, 0) is 19.9 Å². The van der Waals surface area contributed by atoms with E-state index in [0.717, 1.165) is 5.01 Å². The molecule has 0 aliphatic heterocycles. The molecule has 3 aromatic rings. The molecule has 3 heterocycles. The molecule has 0 aliphatic rings. The van der Waals surface area contributed by atoms with Gasteiger partial charge in [0.05, 0.1) is 11.2 Å². The largest absolute Gasteiger partial charge is 0.375 e. The highest BCUT2D eigenvalue weighted by atomic mass is 32.1. The van der Waals surface area contributed by atoms with Crippen molar-refractivity contribution in [3.05, 3.63) is 40.2 Å². The number of nitrogens with zero attached hydrogens (tertiary/aromatic N) is 4. The number of rotatable bonds is 4. The molecule has 1 amide bonds. The lowest BCUT2D eigenvalue weighted by atomic mass is 10.3. The Morgan fingerprint density at radius 1 is 1.26 bits per heavy atom. The van der Waals surface area contributed by atoms with E-state index in [1.807, 2.05) is 6.92 Å². The average molecular weight is 329 g/mol. The molecule has 3 aromatic heterocycles. The molecule has 0 saturated heterocycles. The minimum absolute atomic E-state index is 0.151. The first-order valence-electron chi connectivity index (χ1n) is 6.97. The average Bonchev–Trinajstić information content (AvgIpc) is 2.96. The van der Waals surface area contributed by atoms with Crippen molar-refractivity contribution >= 4 is 34.1 Å². The van der Waals surface area contributed by atoms with Crippen LogP contribution in [-0.2, 0) is 4.74 Å². The topological polar surface area (TPSA) is 89.9 Å². The molecule has 8 heteroatoms. The van der Waals surface area contributed by atoms with Gasteiger partial charge in [-0.3, -0.25) is 9.78 Å². The molecule has 0 aliphatic carbocycles. The third-order valence-corrected chi connectivity index (χ3v) is 4.66. The summed E-state index contributed by atoms with van der Waals surface area (Å²) >= 11 is 1.31. The molecule has 23 heavy (non-hydrogen) atoms. The van der Waals surface area contributed by atoms with E-state index in [9.17, 15) is 4.79 Å². The van der Waals surface area contributed by atoms with Crippen LogP contribution in [0, 0.1) is 6.92 Å². The molecule has 118 valence electrons. The number of thiazole rings is 1. The summed E-state index contributed by atoms with van der Waals surface area (Å²) in [6.45, 7) is 3.69. The fraction of sp³-hybridized carbons (Fsp3) is 0.267. The Hall–Kier alpha value is -2.45. The number of aromatic nitrogens is 4. The third kappa shape index (κ3) is 3.03. The van der Waals surface area contributed by atoms with E-state index in [0.29, 0.717) is 27.4 Å². The molecule has 1 N–H and O–H groups in total. The van der Waals surface area contributed by atoms with Crippen LogP contribution in [0.15, 0.2) is 24.7 Å². The smallest absolute Gasteiger partial charge is 0.268 e. The van der Waals surface area contributed by atoms with Crippen LogP contribution in [0.2, 0.25) is 0 Å². The van der Waals surface area contributed by atoms with E-state index in [1.165, 1.54) is 11.3 Å². The van der Waals surface area contributed by atoms with Crippen molar-refractivity contribution in [3.8, 4) is 0 Å². The lowest BCUT2D eigenvalue weighted by Gasteiger charge is -2.05. The number of nitrogens with one attached hydrogen (secondary N) is 1. The molecule has 7 nitrogen and oxygen atoms in total. The number of pyridine rings is 1. The zero-order valence-corrected chi connectivity index (χ0v) is 13.7. The van der Waals surface area contributed by atoms with Gasteiger partial charge in [-0.15, -0.1) is 11.3 Å². The van der Waals surface area contributed by atoms with Crippen LogP contribution in [0.25, 0.3) is 11.0 Å². The Bertz CT molecular complexity index is 859. The zero-order valence-electron chi connectivity index (χ0n) is 12.9. The second-order valence-corrected chi connectivity index (χ2v) is 5.91. The van der Waals surface area contributed by atoms with Crippen molar-refractivity contribution < 1.29 is 9.53 Å². The number of carbonyl (C=O) groups is 1. The molecule has 3 rings (SSSR count). The maximum Gasteiger partial charge on any atom is 0.268 e. The molecular formula is C15H15N5O2S. The Labute approximate surface area is 136 Å². The highest BCUT2D eigenvalue weighted by molar-refractivity contribution is 7.14. The summed E-state index contributed by atoms with van der Waals surface area (Å²) in [5.41, 5.74) is 1.89. The first-order chi connectivity index (χ1) is 11.1. The summed E-state index contributed by atoms with van der Waals surface area (Å²) < 4.78 is 5.25. The van der Waals surface area contributed by atoms with Gasteiger partial charge in [-0.25, -0.2) is 15.0 Å². The predicted octanol–water partition coefficient (Wildman–Crippen LogP) is 2.75. The molecule has 0 bridgehead atoms. The fourth-order valence-electron chi connectivity index (χ4n) is 2.06. The van der Waals surface area contributed by atoms with E-state index in [-0.39, 0.29) is 12.0 Å². The number of fused-ring (bicyclic) bond motifs is 1. The van der Waals surface area contributed by atoms with Gasteiger partial charge in [0, 0.05) is 25.7 Å². The van der Waals surface area contributed by atoms with E-state index < -0.39 is 0 Å². The second kappa shape index (κ2) is 6.35. The van der Waals surface area contributed by atoms with Crippen LogP contribution in [0.3, 0.4) is 0 Å². The molecule has 0 saturated carbocycles. The Kier molecular flexibility index (Phi) is 4.26. The van der Waals surface area contributed by atoms with Crippen molar-refractivity contribution in [1.29, 1.82) is 0 Å². The van der Waals surface area contributed by atoms with Crippen molar-refractivity contribution in [2.45, 2.75) is 20.0 Å². The van der Waals surface area contributed by atoms with Crippen molar-refractivity contribution in [1.82, 2.24) is 19.9 Å². The summed E-state index contributed by atoms with van der Waals surface area (Å²) in [4.78, 5) is 30.1. The summed E-state index contributed by atoms with van der Waals surface area (Å²) in [6.07, 6.45) is 4.60. The number of amides is 1. The molecular weight excluding hydrogens is 314 g/mol. The Balaban J connectivity index is 1.91. The van der Waals surface area contributed by atoms with E-state index in [2.05, 4.69) is 25.3 Å². The van der Waals surface area contributed by atoms with Crippen molar-refractivity contribution in [3.63, 3.8) is 0 Å². The van der Waals surface area contributed by atoms with Gasteiger partial charge >= 0.3 is 0 Å². The standard InChI is InChI=1S/C15H15N5O2S/c1-8-12(23-15(19-8)9(2)22-3)14(21)20-13-11-10(4-5-18-13)16-6-7-17-11/h4-7,9H,1-3H3,(H,18,20,21). The highest BCUT2D eigenvalue weighted by Crippen LogP contribution is 2.26. The monoisotopic (exact) mass is 329 g/mol. The van der Waals surface area contributed by atoms with Gasteiger partial charge in [-0.2, -0.15) is 0 Å². The van der Waals surface area contributed by atoms with Crippen LogP contribution in [0.5, 0.6) is 0 Å². The summed E-state index contributed by atoms with van der Waals surface area (Å²) in [6, 6.07) is 1.74. The van der Waals surface area contributed by atoms with Gasteiger partial charge in [0.25, 0.3) is 5.91 Å². The Morgan fingerprint density at radius 2 is 2.04 bits per heavy atom. The molecule has 0 radical (unpaired) electrons. The first kappa shape index (κ1) is 15.4. The SMILES string of the molecule is COC(C)c1nc(C)c(C(=O)Nc2nccc3nccnc23)s1. The number of ether oxygens (including phenoxy) is 1. The van der Waals surface area contributed by atoms with Crippen LogP contribution in [0.4, 0.5) is 5.82 Å². The maximum absolute atomic E-state index is 12.5. The number of methoxy groups -OCH3 is 1. The van der Waals surface area contributed by atoms with E-state index in [1.54, 1.807) is 38.7 Å². The number of hydrogen-bond acceptors (Lipinski definition) is 7. The predicted molar refractivity (Wildman–Crippen MR) is 87.6 cm³/mol. The highest BCUT2D eigenvalue weighted by Gasteiger charge is 2.19. The van der Waals surface area contributed by atoms with Gasteiger partial charge in [0.15, 0.2) is 5.82 Å². The number of anilines is 1. The second-order valence-electron chi connectivity index (χ2n) is 4.88. The van der Waals surface area contributed by atoms with Crippen molar-refractivity contribution in [2.75, 3.05) is 12.4 Å². The normalized spacial score (nSPS) is 12.3. The molecule has 0 spiro atoms. The molecule has 1 atom stereocenters. The summed E-state index contributed by atoms with van der Waals surface area (Å²) in [7, 11) is 1.61. The molecule has 1 unspecified atom stereocenters. The van der Waals surface area contributed by atoms with Gasteiger partial charge < -0.3 is 10.1 Å². The maximum atomic E-state index is 12.5. The fourth-order valence-corrected chi connectivity index (χ4v) is 3.05. The van der Waals surface area contributed by atoms with Crippen LogP contribution >= 0.6 is 11.3 Å². The minimum Gasteiger partial charge on any atom is -0.375 e. The van der Waals surface area contributed by atoms with Gasteiger partial charge in [0.2, 0.25) is 0 Å². The number of carbonyl (C=O) groups excluding carboxylic acids is 1. The third-order valence-electron chi connectivity index (χ3n) is 3.34.